The summed E-state index contributed by atoms with van der Waals surface area (Å²) in [6.07, 6.45) is 5.71. The molecule has 10 heteroatoms. The normalized spacial score (nSPS) is 15.4. The van der Waals surface area contributed by atoms with E-state index in [0.29, 0.717) is 36.4 Å². The van der Waals surface area contributed by atoms with E-state index in [4.69, 9.17) is 9.72 Å². The molecule has 5 heterocycles. The van der Waals surface area contributed by atoms with Crippen LogP contribution < -0.4 is 4.90 Å². The molecule has 1 unspecified atom stereocenters. The van der Waals surface area contributed by atoms with Gasteiger partial charge in [0, 0.05) is 63.0 Å². The van der Waals surface area contributed by atoms with E-state index in [1.165, 1.54) is 6.20 Å². The molecule has 10 nitrogen and oxygen atoms in total. The Morgan fingerprint density at radius 2 is 1.97 bits per heavy atom. The summed E-state index contributed by atoms with van der Waals surface area (Å²) in [5, 5.41) is 5.44. The molecular weight excluding hydrogens is 494 g/mol. The molecule has 0 aliphatic carbocycles. The lowest BCUT2D eigenvalue weighted by Crippen LogP contribution is -2.20. The summed E-state index contributed by atoms with van der Waals surface area (Å²) >= 11 is 0. The number of pyridine rings is 1. The monoisotopic (exact) mass is 523 g/mol. The van der Waals surface area contributed by atoms with E-state index in [-0.39, 0.29) is 18.6 Å². The zero-order valence-electron chi connectivity index (χ0n) is 22.1. The summed E-state index contributed by atoms with van der Waals surface area (Å²) < 4.78 is 9.06. The number of likely N-dealkylation sites (N-methyl/N-ethyl adjacent to an activating group) is 1. The van der Waals surface area contributed by atoms with Gasteiger partial charge in [0.25, 0.3) is 0 Å². The van der Waals surface area contributed by atoms with Gasteiger partial charge >= 0.3 is 5.97 Å². The summed E-state index contributed by atoms with van der Waals surface area (Å²) in [7, 11) is 3.81. The first kappa shape index (κ1) is 24.6. The van der Waals surface area contributed by atoms with E-state index in [1.54, 1.807) is 22.5 Å². The van der Waals surface area contributed by atoms with Crippen molar-refractivity contribution in [2.24, 2.45) is 0 Å². The molecule has 0 N–H and O–H groups in total. The second kappa shape index (κ2) is 9.86. The van der Waals surface area contributed by atoms with Crippen LogP contribution in [0.3, 0.4) is 0 Å². The standard InChI is InChI=1S/C29H29N7O3/c1-4-39-29(38)22-15-31-36-25(33(2)16-19-9-6-5-7-10-19)14-24(32-28(22)36)23-18-35(20-13-26(37)34(3)17-20)27-21(23)11-8-12-30-27/h5-12,14-15,18,20H,4,13,16-17H2,1-3H3. The van der Waals surface area contributed by atoms with E-state index in [9.17, 15) is 9.59 Å². The maximum Gasteiger partial charge on any atom is 0.343 e. The number of hydrogen-bond donors (Lipinski definition) is 0. The highest BCUT2D eigenvalue weighted by atomic mass is 16.5. The van der Waals surface area contributed by atoms with E-state index in [2.05, 4.69) is 31.7 Å². The first-order valence-electron chi connectivity index (χ1n) is 13.0. The molecule has 0 saturated carbocycles. The SMILES string of the molecule is CCOC(=O)c1cnn2c(N(C)Cc3ccccc3)cc(-c3cn(C4CC(=O)N(C)C4)c4ncccc34)nc12. The number of ether oxygens (including phenoxy) is 1. The highest BCUT2D eigenvalue weighted by molar-refractivity contribution is 5.98. The average molecular weight is 524 g/mol. The summed E-state index contributed by atoms with van der Waals surface area (Å²) in [4.78, 5) is 38.6. The van der Waals surface area contributed by atoms with Crippen LogP contribution in [0, 0.1) is 0 Å². The quantitative estimate of drug-likeness (QED) is 0.298. The van der Waals surface area contributed by atoms with Crippen LogP contribution in [0.1, 0.15) is 35.3 Å². The smallest absolute Gasteiger partial charge is 0.343 e. The Balaban J connectivity index is 1.53. The van der Waals surface area contributed by atoms with Crippen molar-refractivity contribution in [2.75, 3.05) is 32.1 Å². The third-order valence-electron chi connectivity index (χ3n) is 7.18. The van der Waals surface area contributed by atoms with Gasteiger partial charge in [-0.05, 0) is 24.6 Å². The van der Waals surface area contributed by atoms with Crippen LogP contribution in [0.15, 0.2) is 67.1 Å². The van der Waals surface area contributed by atoms with Crippen LogP contribution in [0.25, 0.3) is 27.9 Å². The summed E-state index contributed by atoms with van der Waals surface area (Å²) in [5.74, 6) is 0.419. The Kier molecular flexibility index (Phi) is 6.22. The van der Waals surface area contributed by atoms with Gasteiger partial charge < -0.3 is 19.1 Å². The van der Waals surface area contributed by atoms with Gasteiger partial charge in [0.15, 0.2) is 5.65 Å². The molecule has 0 radical (unpaired) electrons. The lowest BCUT2D eigenvalue weighted by molar-refractivity contribution is -0.126. The van der Waals surface area contributed by atoms with E-state index in [0.717, 1.165) is 28.0 Å². The number of benzene rings is 1. The number of esters is 1. The minimum atomic E-state index is -0.467. The number of likely N-dealkylation sites (tertiary alicyclic amines) is 1. The van der Waals surface area contributed by atoms with Gasteiger partial charge in [0.05, 0.1) is 24.5 Å². The zero-order valence-corrected chi connectivity index (χ0v) is 22.1. The molecular formula is C29H29N7O3. The van der Waals surface area contributed by atoms with Crippen molar-refractivity contribution in [3.63, 3.8) is 0 Å². The number of hydrogen-bond acceptors (Lipinski definition) is 7. The molecule has 1 amide bonds. The Morgan fingerprint density at radius 3 is 2.72 bits per heavy atom. The molecule has 0 spiro atoms. The van der Waals surface area contributed by atoms with E-state index in [1.807, 2.05) is 56.7 Å². The fourth-order valence-corrected chi connectivity index (χ4v) is 5.24. The zero-order chi connectivity index (χ0) is 27.1. The molecule has 1 saturated heterocycles. The second-order valence-corrected chi connectivity index (χ2v) is 9.81. The topological polar surface area (TPSA) is 97.9 Å². The predicted molar refractivity (Wildman–Crippen MR) is 148 cm³/mol. The number of carbonyl (C=O) groups is 2. The van der Waals surface area contributed by atoms with Crippen molar-refractivity contribution in [3.05, 3.63) is 78.2 Å². The van der Waals surface area contributed by atoms with Crippen molar-refractivity contribution in [1.82, 2.24) is 29.0 Å². The molecule has 1 aliphatic heterocycles. The van der Waals surface area contributed by atoms with E-state index >= 15 is 0 Å². The largest absolute Gasteiger partial charge is 0.462 e. The third-order valence-corrected chi connectivity index (χ3v) is 7.18. The summed E-state index contributed by atoms with van der Waals surface area (Å²) in [6, 6.07) is 16.0. The fourth-order valence-electron chi connectivity index (χ4n) is 5.24. The average Bonchev–Trinajstić information content (AvgIpc) is 3.64. The Labute approximate surface area is 225 Å². The number of nitrogens with zero attached hydrogens (tertiary/aromatic N) is 7. The number of rotatable bonds is 7. The predicted octanol–water partition coefficient (Wildman–Crippen LogP) is 3.96. The molecule has 1 atom stereocenters. The maximum absolute atomic E-state index is 12.8. The lowest BCUT2D eigenvalue weighted by atomic mass is 10.1. The Bertz CT molecular complexity index is 1690. The maximum atomic E-state index is 12.8. The number of amides is 1. The molecule has 0 bridgehead atoms. The molecule has 198 valence electrons. The van der Waals surface area contributed by atoms with Crippen molar-refractivity contribution in [3.8, 4) is 11.3 Å². The van der Waals surface area contributed by atoms with Crippen LogP contribution in [0.4, 0.5) is 5.82 Å². The minimum Gasteiger partial charge on any atom is -0.462 e. The minimum absolute atomic E-state index is 0.0253. The fraction of sp³-hybridized carbons (Fsp3) is 0.276. The number of carbonyl (C=O) groups excluding carboxylic acids is 2. The van der Waals surface area contributed by atoms with Gasteiger partial charge in [-0.2, -0.15) is 9.61 Å². The molecule has 39 heavy (non-hydrogen) atoms. The Morgan fingerprint density at radius 1 is 1.15 bits per heavy atom. The van der Waals surface area contributed by atoms with Gasteiger partial charge in [-0.25, -0.2) is 14.8 Å². The molecule has 5 aromatic rings. The van der Waals surface area contributed by atoms with Crippen molar-refractivity contribution in [2.45, 2.75) is 25.9 Å². The number of fused-ring (bicyclic) bond motifs is 2. The van der Waals surface area contributed by atoms with Crippen LogP contribution in [0.2, 0.25) is 0 Å². The third kappa shape index (κ3) is 4.37. The van der Waals surface area contributed by atoms with Gasteiger partial charge in [-0.1, -0.05) is 30.3 Å². The van der Waals surface area contributed by atoms with Gasteiger partial charge in [0.1, 0.15) is 17.0 Å². The highest BCUT2D eigenvalue weighted by Crippen LogP contribution is 2.35. The Hall–Kier alpha value is -4.73. The summed E-state index contributed by atoms with van der Waals surface area (Å²) in [5.41, 5.74) is 4.20. The van der Waals surface area contributed by atoms with Crippen molar-refractivity contribution < 1.29 is 14.3 Å². The van der Waals surface area contributed by atoms with Gasteiger partial charge in [-0.15, -0.1) is 0 Å². The first-order valence-corrected chi connectivity index (χ1v) is 13.0. The van der Waals surface area contributed by atoms with E-state index < -0.39 is 5.97 Å². The van der Waals surface area contributed by atoms with Crippen molar-refractivity contribution >= 4 is 34.4 Å². The highest BCUT2D eigenvalue weighted by Gasteiger charge is 2.30. The molecule has 1 fully saturated rings. The lowest BCUT2D eigenvalue weighted by Gasteiger charge is -2.21. The molecule has 1 aliphatic rings. The van der Waals surface area contributed by atoms with Crippen LogP contribution in [0.5, 0.6) is 0 Å². The van der Waals surface area contributed by atoms with Crippen LogP contribution in [-0.4, -0.2) is 68.2 Å². The first-order chi connectivity index (χ1) is 18.9. The number of aromatic nitrogens is 5. The number of anilines is 1. The molecule has 1 aromatic carbocycles. The second-order valence-electron chi connectivity index (χ2n) is 9.81. The van der Waals surface area contributed by atoms with Crippen LogP contribution in [-0.2, 0) is 16.1 Å². The molecule has 6 rings (SSSR count). The van der Waals surface area contributed by atoms with Crippen molar-refractivity contribution in [1.29, 1.82) is 0 Å². The molecule has 4 aromatic heterocycles. The van der Waals surface area contributed by atoms with Gasteiger partial charge in [-0.3, -0.25) is 4.79 Å². The van der Waals surface area contributed by atoms with Gasteiger partial charge in [0.2, 0.25) is 5.91 Å². The summed E-state index contributed by atoms with van der Waals surface area (Å²) in [6.45, 7) is 3.28. The van der Waals surface area contributed by atoms with Crippen LogP contribution >= 0.6 is 0 Å².